The highest BCUT2D eigenvalue weighted by molar-refractivity contribution is 8.28. The minimum atomic E-state index is -1.72. The second kappa shape index (κ2) is 34.9. The van der Waals surface area contributed by atoms with E-state index in [1.165, 1.54) is 0 Å². The third-order valence-corrected chi connectivity index (χ3v) is 14.9. The molecule has 0 saturated carbocycles. The Bertz CT molecular complexity index is 1160. The van der Waals surface area contributed by atoms with E-state index >= 15 is 0 Å². The Morgan fingerprint density at radius 3 is 0.423 bits per heavy atom. The summed E-state index contributed by atoms with van der Waals surface area (Å²) in [5.41, 5.74) is -1.72. The molecular formula is CHB70. The highest BCUT2D eigenvalue weighted by Gasteiger charge is 2.64. The normalized spacial score (nSPS) is 10.3. The Labute approximate surface area is 497 Å². The SMILES string of the molecule is [B][B]B([B])B(B([B])[B])B(B(B(B([B])[B])B([B])[B])B(B([B])[B])B([B])[B])C(B(B(B([B])[B])B([B])[B])B(B([B])[B])B([B])[B])B(B(B(B([B])[B])B([B])[B])B(B([B])[B])B([B])[B])B(B(B([B])[B])B([B])[B])B(B([B])[B])B([B])[B]. The van der Waals surface area contributed by atoms with Gasteiger partial charge >= 0.3 is 0 Å². The van der Waals surface area contributed by atoms with Gasteiger partial charge in [0, 0.05) is 497 Å². The third kappa shape index (κ3) is 20.4. The zero-order valence-corrected chi connectivity index (χ0v) is 41.0. The smallest absolute Gasteiger partial charge is 0.0294 e. The van der Waals surface area contributed by atoms with E-state index in [9.17, 15) is 0 Å². The maximum Gasteiger partial charge on any atom is 0.0294 e. The van der Waals surface area contributed by atoms with Crippen molar-refractivity contribution >= 4 is 497 Å². The van der Waals surface area contributed by atoms with Gasteiger partial charge in [-0.25, -0.2) is 0 Å². The van der Waals surface area contributed by atoms with E-state index in [2.05, 4.69) is 0 Å². The topological polar surface area (TPSA) is 0 Å². The lowest BCUT2D eigenvalue weighted by Gasteiger charge is -2.61. The van der Waals surface area contributed by atoms with Crippen LogP contribution in [0.1, 0.15) is 0 Å². The van der Waals surface area contributed by atoms with Gasteiger partial charge in [-0.05, 0) is 0 Å². The van der Waals surface area contributed by atoms with Crippen molar-refractivity contribution in [3.63, 3.8) is 0 Å². The summed E-state index contributed by atoms with van der Waals surface area (Å²) in [6.07, 6.45) is -46.1. The van der Waals surface area contributed by atoms with E-state index in [1.54, 1.807) is 0 Å². The lowest BCUT2D eigenvalue weighted by atomic mass is 8.29. The van der Waals surface area contributed by atoms with Crippen LogP contribution >= 0.6 is 0 Å². The van der Waals surface area contributed by atoms with Gasteiger partial charge in [-0.15, -0.1) is 5.62 Å². The molecule has 0 fully saturated rings. The highest BCUT2D eigenvalue weighted by Crippen LogP contribution is 2.35. The van der Waals surface area contributed by atoms with Gasteiger partial charge < -0.3 is 0 Å². The fraction of sp³-hybridized carbons (Fsp3) is 1.00. The van der Waals surface area contributed by atoms with Crippen LogP contribution in [0.15, 0.2) is 0 Å². The molecule has 0 saturated heterocycles. The highest BCUT2D eigenvalue weighted by atomic mass is 13.7. The minimum absolute atomic E-state index is 1.06. The summed E-state index contributed by atoms with van der Waals surface area (Å²) < 4.78 is 0. The predicted octanol–water partition coefficient (Wildman–Crippen LogP) is -26.3. The number of hydrogen-bond donors (Lipinski definition) is 0. The lowest BCUT2D eigenvalue weighted by molar-refractivity contribution is 1.80. The van der Waals surface area contributed by atoms with Crippen molar-refractivity contribution in [1.82, 2.24) is 0 Å². The van der Waals surface area contributed by atoms with E-state index in [0.29, 0.717) is 0 Å². The first-order chi connectivity index (χ1) is 32.3. The van der Waals surface area contributed by atoms with E-state index in [4.69, 9.17) is 279 Å². The average molecular weight is 770 g/mol. The molecule has 0 N–H and O–H groups in total. The monoisotopic (exact) mass is 784 g/mol. The zero-order chi connectivity index (χ0) is 56.3. The van der Waals surface area contributed by atoms with Gasteiger partial charge in [-0.1, -0.05) is 0 Å². The summed E-state index contributed by atoms with van der Waals surface area (Å²) >= 11 is 0. The molecule has 0 bridgehead atoms. The minimum Gasteiger partial charge on any atom is -0.146 e. The molecule has 0 nitrogen and oxygen atoms in total. The quantitative estimate of drug-likeness (QED) is 0.0572. The molecule has 73 radical (unpaired) electrons. The molecule has 0 aromatic rings. The molecule has 0 aliphatic carbocycles. The molecule has 0 rings (SSSR count). The van der Waals surface area contributed by atoms with Gasteiger partial charge in [-0.3, -0.25) is 0 Å². The first-order valence-electron chi connectivity index (χ1n) is 23.3. The summed E-state index contributed by atoms with van der Waals surface area (Å²) in [4.78, 5) is 0. The molecule has 70 heteroatoms. The Balaban J connectivity index is 11.8. The molecule has 0 aromatic heterocycles. The number of hydrogen-bond acceptors (Lipinski definition) is 0. The third-order valence-electron chi connectivity index (χ3n) is 14.9. The van der Waals surface area contributed by atoms with E-state index in [1.807, 2.05) is 0 Å². The van der Waals surface area contributed by atoms with E-state index in [-0.39, 0.29) is 0 Å². The average Bonchev–Trinajstić information content (AvgIpc) is 3.15. The van der Waals surface area contributed by atoms with Gasteiger partial charge in [-0.2, -0.15) is 0 Å². The Hall–Kier alpha value is 4.55. The molecule has 71 heavy (non-hydrogen) atoms. The zero-order valence-electron chi connectivity index (χ0n) is 41.0. The first kappa shape index (κ1) is 75.5. The van der Waals surface area contributed by atoms with Crippen LogP contribution in [0.3, 0.4) is 0 Å². The second-order valence-electron chi connectivity index (χ2n) is 19.8. The predicted molar refractivity (Wildman–Crippen MR) is 407 cm³/mol. The maximum absolute atomic E-state index is 7.06. The van der Waals surface area contributed by atoms with Crippen LogP contribution in [0.4, 0.5) is 0 Å². The van der Waals surface area contributed by atoms with Gasteiger partial charge in [0.2, 0.25) is 0 Å². The molecule has 1 atom stereocenters. The molecule has 215 valence electrons. The standard InChI is InChI=1S/CHB70/c2-38-59(37)62(46(11)12)40(63(66(47(13)14)48(15)16)67(49(17)18)50(19)20)1(39(60(42(3)4)43(5)6)61(44(7)8)45(9)10)41(64(68(51(21)22)52(23)24)69(53(25)26)54(27)28)65(70(55(29)30)56(31)32)71(57(33)34)58(35)36/h1H. The van der Waals surface area contributed by atoms with Crippen LogP contribution in [0.2, 0.25) is 5.62 Å². The summed E-state index contributed by atoms with van der Waals surface area (Å²) in [5, 5.41) is 0. The Morgan fingerprint density at radius 1 is 0.169 bits per heavy atom. The summed E-state index contributed by atoms with van der Waals surface area (Å²) in [6, 6.07) is 0. The fourth-order valence-electron chi connectivity index (χ4n) is 12.4. The van der Waals surface area contributed by atoms with Crippen molar-refractivity contribution in [3.8, 4) is 0 Å². The molecular weight excluding hydrogens is 769 g/mol. The Morgan fingerprint density at radius 2 is 0.296 bits per heavy atom. The van der Waals surface area contributed by atoms with Gasteiger partial charge in [0.1, 0.15) is 0 Å². The van der Waals surface area contributed by atoms with E-state index in [0.717, 1.165) is 7.06 Å². The molecule has 0 heterocycles. The lowest BCUT2D eigenvalue weighted by Crippen LogP contribution is -2.93. The van der Waals surface area contributed by atoms with Gasteiger partial charge in [0.25, 0.3) is 0 Å². The first-order valence-corrected chi connectivity index (χ1v) is 23.3. The van der Waals surface area contributed by atoms with Crippen LogP contribution in [0, 0.1) is 0 Å². The molecule has 0 spiro atoms. The second-order valence-corrected chi connectivity index (χ2v) is 19.8. The van der Waals surface area contributed by atoms with Crippen molar-refractivity contribution in [1.29, 1.82) is 0 Å². The van der Waals surface area contributed by atoms with Crippen molar-refractivity contribution in [2.75, 3.05) is 0 Å². The van der Waals surface area contributed by atoms with Crippen molar-refractivity contribution in [3.05, 3.63) is 0 Å². The van der Waals surface area contributed by atoms with Crippen molar-refractivity contribution < 1.29 is 0 Å². The van der Waals surface area contributed by atoms with Gasteiger partial charge in [0.15, 0.2) is 0 Å². The van der Waals surface area contributed by atoms with Crippen LogP contribution in [0.25, 0.3) is 0 Å². The molecule has 0 amide bonds. The number of rotatable bonds is 34. The molecule has 0 aliphatic rings. The van der Waals surface area contributed by atoms with Gasteiger partial charge in [0.05, 0.1) is 0 Å². The summed E-state index contributed by atoms with van der Waals surface area (Å²) in [5.74, 6) is 0. The van der Waals surface area contributed by atoms with Crippen molar-refractivity contribution in [2.45, 2.75) is 5.62 Å². The molecule has 0 aliphatic heterocycles. The summed E-state index contributed by atoms with van der Waals surface area (Å²) in [7, 11) is 244. The molecule has 1 unspecified atom stereocenters. The molecule has 0 aromatic carbocycles. The van der Waals surface area contributed by atoms with Crippen LogP contribution in [-0.4, -0.2) is 497 Å². The summed E-state index contributed by atoms with van der Waals surface area (Å²) in [6.45, 7) is -4.93. The Kier molecular flexibility index (Phi) is 37.1. The fourth-order valence-corrected chi connectivity index (χ4v) is 12.4. The van der Waals surface area contributed by atoms with Crippen LogP contribution < -0.4 is 0 Å². The largest absolute Gasteiger partial charge is 0.146 e. The van der Waals surface area contributed by atoms with Crippen molar-refractivity contribution in [2.24, 2.45) is 0 Å². The van der Waals surface area contributed by atoms with Crippen LogP contribution in [0.5, 0.6) is 0 Å². The van der Waals surface area contributed by atoms with E-state index < -0.39 is 217 Å². The van der Waals surface area contributed by atoms with Crippen LogP contribution in [-0.2, 0) is 0 Å². The maximum atomic E-state index is 7.06.